The Labute approximate surface area is 200 Å². The van der Waals surface area contributed by atoms with Gasteiger partial charge < -0.3 is 14.5 Å². The van der Waals surface area contributed by atoms with Crippen LogP contribution < -0.4 is 10.1 Å². The molecule has 0 saturated heterocycles. The fourth-order valence-corrected chi connectivity index (χ4v) is 3.66. The highest BCUT2D eigenvalue weighted by molar-refractivity contribution is 6.30. The number of carbonyl (C=O) groups excluding carboxylic acids is 1. The van der Waals surface area contributed by atoms with E-state index in [0.29, 0.717) is 23.1 Å². The molecule has 4 aromatic rings. The summed E-state index contributed by atoms with van der Waals surface area (Å²) in [7, 11) is 0. The second kappa shape index (κ2) is 9.40. The normalized spacial score (nSPS) is 10.8. The molecule has 9 nitrogen and oxygen atoms in total. The number of aromatic nitrogens is 2. The summed E-state index contributed by atoms with van der Waals surface area (Å²) in [5.74, 6) is 0.756. The SMILES string of the molecule is Cc1cc(C)n(Cc2ccc(C(=O)Nc3cc(Oc4ccc(Cl)cc4C)cc([N+](=O)[O-])c3)o2)n1. The highest BCUT2D eigenvalue weighted by Crippen LogP contribution is 2.32. The lowest BCUT2D eigenvalue weighted by atomic mass is 10.2. The highest BCUT2D eigenvalue weighted by Gasteiger charge is 2.17. The summed E-state index contributed by atoms with van der Waals surface area (Å²) in [6.07, 6.45) is 0. The number of hydrogen-bond acceptors (Lipinski definition) is 6. The number of aryl methyl sites for hydroxylation is 3. The van der Waals surface area contributed by atoms with E-state index in [1.165, 1.54) is 18.2 Å². The van der Waals surface area contributed by atoms with E-state index in [4.69, 9.17) is 20.8 Å². The Morgan fingerprint density at radius 2 is 1.94 bits per heavy atom. The maximum Gasteiger partial charge on any atom is 0.291 e. The van der Waals surface area contributed by atoms with Gasteiger partial charge in [-0.05, 0) is 62.7 Å². The largest absolute Gasteiger partial charge is 0.457 e. The van der Waals surface area contributed by atoms with Crippen LogP contribution in [0.25, 0.3) is 0 Å². The van der Waals surface area contributed by atoms with Crippen molar-refractivity contribution in [3.8, 4) is 11.5 Å². The molecule has 2 aromatic carbocycles. The maximum absolute atomic E-state index is 12.7. The van der Waals surface area contributed by atoms with Crippen LogP contribution in [-0.2, 0) is 6.54 Å². The topological polar surface area (TPSA) is 112 Å². The first-order valence-corrected chi connectivity index (χ1v) is 10.7. The van der Waals surface area contributed by atoms with E-state index < -0.39 is 10.8 Å². The molecule has 0 bridgehead atoms. The van der Waals surface area contributed by atoms with Crippen LogP contribution in [0.1, 0.15) is 33.3 Å². The van der Waals surface area contributed by atoms with Gasteiger partial charge in [0, 0.05) is 22.8 Å². The first-order valence-electron chi connectivity index (χ1n) is 10.3. The lowest BCUT2D eigenvalue weighted by molar-refractivity contribution is -0.384. The number of furan rings is 1. The number of amides is 1. The van der Waals surface area contributed by atoms with Crippen molar-refractivity contribution in [1.82, 2.24) is 9.78 Å². The number of non-ortho nitro benzene ring substituents is 1. The van der Waals surface area contributed by atoms with Gasteiger partial charge in [-0.25, -0.2) is 0 Å². The van der Waals surface area contributed by atoms with E-state index in [1.54, 1.807) is 35.0 Å². The number of nitro benzene ring substituents is 1. The fourth-order valence-electron chi connectivity index (χ4n) is 3.43. The van der Waals surface area contributed by atoms with Crippen molar-refractivity contribution < 1.29 is 18.9 Å². The van der Waals surface area contributed by atoms with Crippen molar-refractivity contribution in [2.75, 3.05) is 5.32 Å². The van der Waals surface area contributed by atoms with Gasteiger partial charge >= 0.3 is 0 Å². The number of benzene rings is 2. The van der Waals surface area contributed by atoms with Gasteiger partial charge in [0.25, 0.3) is 11.6 Å². The molecule has 0 atom stereocenters. The summed E-state index contributed by atoms with van der Waals surface area (Å²) >= 11 is 5.98. The number of halogens is 1. The summed E-state index contributed by atoms with van der Waals surface area (Å²) < 4.78 is 13.3. The van der Waals surface area contributed by atoms with Crippen LogP contribution in [-0.4, -0.2) is 20.6 Å². The van der Waals surface area contributed by atoms with Gasteiger partial charge in [0.05, 0.1) is 28.9 Å². The first kappa shape index (κ1) is 23.1. The minimum atomic E-state index is -0.559. The molecule has 0 aliphatic carbocycles. The Morgan fingerprint density at radius 1 is 1.15 bits per heavy atom. The Kier molecular flexibility index (Phi) is 6.38. The smallest absolute Gasteiger partial charge is 0.291 e. The van der Waals surface area contributed by atoms with E-state index >= 15 is 0 Å². The van der Waals surface area contributed by atoms with E-state index in [2.05, 4.69) is 10.4 Å². The molecule has 0 aliphatic rings. The minimum absolute atomic E-state index is 0.0686. The van der Waals surface area contributed by atoms with E-state index in [-0.39, 0.29) is 22.9 Å². The zero-order chi connectivity index (χ0) is 24.4. The molecule has 10 heteroatoms. The highest BCUT2D eigenvalue weighted by atomic mass is 35.5. The lowest BCUT2D eigenvalue weighted by Gasteiger charge is -2.11. The van der Waals surface area contributed by atoms with Gasteiger partial charge in [-0.1, -0.05) is 11.6 Å². The predicted octanol–water partition coefficient (Wildman–Crippen LogP) is 6.06. The summed E-state index contributed by atoms with van der Waals surface area (Å²) in [5.41, 5.74) is 2.58. The Bertz CT molecular complexity index is 1390. The van der Waals surface area contributed by atoms with Crippen LogP contribution in [0, 0.1) is 30.9 Å². The van der Waals surface area contributed by atoms with Crippen molar-refractivity contribution in [3.63, 3.8) is 0 Å². The van der Waals surface area contributed by atoms with Gasteiger partial charge in [-0.3, -0.25) is 19.6 Å². The minimum Gasteiger partial charge on any atom is -0.457 e. The number of ether oxygens (including phenoxy) is 1. The number of hydrogen-bond donors (Lipinski definition) is 1. The summed E-state index contributed by atoms with van der Waals surface area (Å²) in [4.78, 5) is 23.6. The molecule has 0 spiro atoms. The average molecular weight is 481 g/mol. The first-order chi connectivity index (χ1) is 16.2. The molecule has 4 rings (SSSR count). The number of nitrogens with one attached hydrogen (secondary N) is 1. The lowest BCUT2D eigenvalue weighted by Crippen LogP contribution is -2.11. The fraction of sp³-hybridized carbons (Fsp3) is 0.167. The third-order valence-electron chi connectivity index (χ3n) is 5.02. The van der Waals surface area contributed by atoms with Crippen LogP contribution in [0.5, 0.6) is 11.5 Å². The standard InChI is InChI=1S/C24H21ClN4O5/c1-14-8-17(25)4-6-22(14)34-21-11-18(10-19(12-21)29(31)32)26-24(30)23-7-5-20(33-23)13-28-16(3)9-15(2)27-28/h4-12H,13H2,1-3H3,(H,26,30). The molecule has 0 aliphatic heterocycles. The van der Waals surface area contributed by atoms with Crippen LogP contribution in [0.3, 0.4) is 0 Å². The Hall–Kier alpha value is -4.11. The van der Waals surface area contributed by atoms with Crippen molar-refractivity contribution >= 4 is 28.9 Å². The van der Waals surface area contributed by atoms with Crippen LogP contribution in [0.15, 0.2) is 59.0 Å². The molecule has 2 heterocycles. The summed E-state index contributed by atoms with van der Waals surface area (Å²) in [6.45, 7) is 6.02. The third-order valence-corrected chi connectivity index (χ3v) is 5.25. The average Bonchev–Trinajstić information content (AvgIpc) is 3.36. The van der Waals surface area contributed by atoms with Crippen molar-refractivity contribution in [2.24, 2.45) is 0 Å². The quantitative estimate of drug-likeness (QED) is 0.254. The molecular formula is C24H21ClN4O5. The van der Waals surface area contributed by atoms with Gasteiger partial charge in [-0.15, -0.1) is 0 Å². The third kappa shape index (κ3) is 5.26. The van der Waals surface area contributed by atoms with E-state index in [1.807, 2.05) is 26.8 Å². The molecule has 0 radical (unpaired) electrons. The molecule has 34 heavy (non-hydrogen) atoms. The van der Waals surface area contributed by atoms with Gasteiger partial charge in [0.1, 0.15) is 17.3 Å². The number of carbonyl (C=O) groups is 1. The second-order valence-electron chi connectivity index (χ2n) is 7.79. The molecule has 0 unspecified atom stereocenters. The number of rotatable bonds is 7. The zero-order valence-electron chi connectivity index (χ0n) is 18.7. The number of anilines is 1. The van der Waals surface area contributed by atoms with E-state index in [0.717, 1.165) is 17.0 Å². The Balaban J connectivity index is 1.53. The molecule has 174 valence electrons. The van der Waals surface area contributed by atoms with Crippen LogP contribution in [0.2, 0.25) is 5.02 Å². The summed E-state index contributed by atoms with van der Waals surface area (Å²) in [6, 6.07) is 14.3. The molecular weight excluding hydrogens is 460 g/mol. The van der Waals surface area contributed by atoms with E-state index in [9.17, 15) is 14.9 Å². The molecule has 0 fully saturated rings. The van der Waals surface area contributed by atoms with Gasteiger partial charge in [0.15, 0.2) is 5.76 Å². The van der Waals surface area contributed by atoms with Crippen molar-refractivity contribution in [1.29, 1.82) is 0 Å². The van der Waals surface area contributed by atoms with Crippen LogP contribution >= 0.6 is 11.6 Å². The Morgan fingerprint density at radius 3 is 2.62 bits per heavy atom. The van der Waals surface area contributed by atoms with Gasteiger partial charge in [-0.2, -0.15) is 5.10 Å². The maximum atomic E-state index is 12.7. The molecule has 1 amide bonds. The molecule has 0 saturated carbocycles. The van der Waals surface area contributed by atoms with Crippen LogP contribution in [0.4, 0.5) is 11.4 Å². The van der Waals surface area contributed by atoms with Crippen molar-refractivity contribution in [3.05, 3.63) is 98.2 Å². The van der Waals surface area contributed by atoms with Crippen molar-refractivity contribution in [2.45, 2.75) is 27.3 Å². The monoisotopic (exact) mass is 480 g/mol. The van der Waals surface area contributed by atoms with Gasteiger partial charge in [0.2, 0.25) is 0 Å². The number of nitrogens with zero attached hydrogens (tertiary/aromatic N) is 3. The zero-order valence-corrected chi connectivity index (χ0v) is 19.4. The second-order valence-corrected chi connectivity index (χ2v) is 8.23. The summed E-state index contributed by atoms with van der Waals surface area (Å²) in [5, 5.41) is 19.0. The molecule has 1 N–H and O–H groups in total. The molecule has 2 aromatic heterocycles. The predicted molar refractivity (Wildman–Crippen MR) is 127 cm³/mol. The number of nitro groups is 1.